The average molecular weight is 261 g/mol. The van der Waals surface area contributed by atoms with Crippen molar-refractivity contribution in [3.63, 3.8) is 0 Å². The lowest BCUT2D eigenvalue weighted by molar-refractivity contribution is -0.117. The highest BCUT2D eigenvalue weighted by Crippen LogP contribution is 2.18. The van der Waals surface area contributed by atoms with Gasteiger partial charge in [0.05, 0.1) is 6.54 Å². The van der Waals surface area contributed by atoms with Crippen LogP contribution < -0.4 is 10.6 Å². The molecule has 2 N–H and O–H groups in total. The summed E-state index contributed by atoms with van der Waals surface area (Å²) < 4.78 is 0. The molecule has 0 radical (unpaired) electrons. The van der Waals surface area contributed by atoms with Crippen molar-refractivity contribution in [2.75, 3.05) is 32.0 Å². The monoisotopic (exact) mass is 261 g/mol. The van der Waals surface area contributed by atoms with E-state index in [2.05, 4.69) is 28.5 Å². The molecule has 1 atom stereocenters. The number of nitrogens with one attached hydrogen (secondary N) is 2. The van der Waals surface area contributed by atoms with Gasteiger partial charge in [0, 0.05) is 18.3 Å². The summed E-state index contributed by atoms with van der Waals surface area (Å²) in [7, 11) is 2.01. The smallest absolute Gasteiger partial charge is 0.238 e. The molecule has 1 saturated heterocycles. The standard InChI is InChI=1S/C15H23N3O/c1-11-5-4-6-14(12(11)2)17-15(19)10-18(3)13-7-8-16-9-13/h4-6,13,16H,7-10H2,1-3H3,(H,17,19). The lowest BCUT2D eigenvalue weighted by Gasteiger charge is -2.23. The molecule has 0 saturated carbocycles. The number of carbonyl (C=O) groups is 1. The molecule has 0 aliphatic carbocycles. The predicted molar refractivity (Wildman–Crippen MR) is 78.5 cm³/mol. The van der Waals surface area contributed by atoms with Crippen molar-refractivity contribution >= 4 is 11.6 Å². The van der Waals surface area contributed by atoms with Crippen molar-refractivity contribution in [3.8, 4) is 0 Å². The second-order valence-corrected chi connectivity index (χ2v) is 5.36. The molecule has 2 rings (SSSR count). The zero-order chi connectivity index (χ0) is 13.8. The van der Waals surface area contributed by atoms with Crippen molar-refractivity contribution in [1.29, 1.82) is 0 Å². The molecular formula is C15H23N3O. The van der Waals surface area contributed by atoms with Gasteiger partial charge in [0.15, 0.2) is 0 Å². The topological polar surface area (TPSA) is 44.4 Å². The van der Waals surface area contributed by atoms with Crippen LogP contribution in [0, 0.1) is 13.8 Å². The lowest BCUT2D eigenvalue weighted by atomic mass is 10.1. The summed E-state index contributed by atoms with van der Waals surface area (Å²) in [6.45, 7) is 6.57. The Bertz CT molecular complexity index is 453. The van der Waals surface area contributed by atoms with E-state index in [1.807, 2.05) is 26.1 Å². The number of likely N-dealkylation sites (N-methyl/N-ethyl adjacent to an activating group) is 1. The Balaban J connectivity index is 1.91. The van der Waals surface area contributed by atoms with E-state index in [0.717, 1.165) is 30.8 Å². The van der Waals surface area contributed by atoms with Crippen LogP contribution in [-0.2, 0) is 4.79 Å². The van der Waals surface area contributed by atoms with Gasteiger partial charge in [0.1, 0.15) is 0 Å². The van der Waals surface area contributed by atoms with Crippen LogP contribution in [0.3, 0.4) is 0 Å². The maximum absolute atomic E-state index is 12.1. The van der Waals surface area contributed by atoms with Gasteiger partial charge in [-0.15, -0.1) is 0 Å². The third-order valence-corrected chi connectivity index (χ3v) is 3.93. The Hall–Kier alpha value is -1.39. The fourth-order valence-corrected chi connectivity index (χ4v) is 2.45. The normalized spacial score (nSPS) is 18.8. The van der Waals surface area contributed by atoms with Crippen LogP contribution in [-0.4, -0.2) is 43.5 Å². The highest BCUT2D eigenvalue weighted by Gasteiger charge is 2.20. The molecule has 4 heteroatoms. The molecule has 1 aromatic rings. The molecule has 1 heterocycles. The average Bonchev–Trinajstić information content (AvgIpc) is 2.88. The summed E-state index contributed by atoms with van der Waals surface area (Å²) in [5, 5.41) is 6.32. The third-order valence-electron chi connectivity index (χ3n) is 3.93. The molecule has 0 bridgehead atoms. The van der Waals surface area contributed by atoms with Gasteiger partial charge < -0.3 is 10.6 Å². The van der Waals surface area contributed by atoms with Crippen molar-refractivity contribution < 1.29 is 4.79 Å². The van der Waals surface area contributed by atoms with E-state index in [1.165, 1.54) is 5.56 Å². The van der Waals surface area contributed by atoms with E-state index >= 15 is 0 Å². The van der Waals surface area contributed by atoms with E-state index < -0.39 is 0 Å². The summed E-state index contributed by atoms with van der Waals surface area (Å²) in [4.78, 5) is 14.2. The summed E-state index contributed by atoms with van der Waals surface area (Å²) in [5.41, 5.74) is 3.26. The van der Waals surface area contributed by atoms with E-state index in [4.69, 9.17) is 0 Å². The van der Waals surface area contributed by atoms with Gasteiger partial charge in [-0.3, -0.25) is 9.69 Å². The zero-order valence-electron chi connectivity index (χ0n) is 12.0. The third kappa shape index (κ3) is 3.55. The summed E-state index contributed by atoms with van der Waals surface area (Å²) >= 11 is 0. The van der Waals surface area contributed by atoms with Crippen LogP contribution in [0.2, 0.25) is 0 Å². The molecule has 4 nitrogen and oxygen atoms in total. The van der Waals surface area contributed by atoms with Crippen LogP contribution in [0.4, 0.5) is 5.69 Å². The first kappa shape index (κ1) is 14.0. The number of benzene rings is 1. The Morgan fingerprint density at radius 1 is 1.47 bits per heavy atom. The van der Waals surface area contributed by atoms with Gasteiger partial charge in [-0.05, 0) is 51.1 Å². The van der Waals surface area contributed by atoms with Crippen LogP contribution >= 0.6 is 0 Å². The molecule has 0 aromatic heterocycles. The molecule has 104 valence electrons. The van der Waals surface area contributed by atoms with Crippen molar-refractivity contribution in [2.45, 2.75) is 26.3 Å². The minimum atomic E-state index is 0.0584. The van der Waals surface area contributed by atoms with Gasteiger partial charge in [-0.1, -0.05) is 12.1 Å². The lowest BCUT2D eigenvalue weighted by Crippen LogP contribution is -2.39. The number of hydrogen-bond donors (Lipinski definition) is 2. The molecule has 1 aliphatic rings. The fraction of sp³-hybridized carbons (Fsp3) is 0.533. The van der Waals surface area contributed by atoms with Gasteiger partial charge >= 0.3 is 0 Å². The summed E-state index contributed by atoms with van der Waals surface area (Å²) in [6, 6.07) is 6.46. The fourth-order valence-electron chi connectivity index (χ4n) is 2.45. The van der Waals surface area contributed by atoms with Crippen LogP contribution in [0.5, 0.6) is 0 Å². The molecule has 19 heavy (non-hydrogen) atoms. The zero-order valence-corrected chi connectivity index (χ0v) is 12.0. The molecule has 1 aromatic carbocycles. The van der Waals surface area contributed by atoms with Crippen LogP contribution in [0.1, 0.15) is 17.5 Å². The van der Waals surface area contributed by atoms with Crippen LogP contribution in [0.15, 0.2) is 18.2 Å². The van der Waals surface area contributed by atoms with E-state index in [1.54, 1.807) is 0 Å². The second-order valence-electron chi connectivity index (χ2n) is 5.36. The number of amides is 1. The second kappa shape index (κ2) is 6.17. The van der Waals surface area contributed by atoms with E-state index in [9.17, 15) is 4.79 Å². The number of nitrogens with zero attached hydrogens (tertiary/aromatic N) is 1. The van der Waals surface area contributed by atoms with Gasteiger partial charge in [0.2, 0.25) is 5.91 Å². The van der Waals surface area contributed by atoms with Crippen molar-refractivity contribution in [2.24, 2.45) is 0 Å². The number of rotatable bonds is 4. The SMILES string of the molecule is Cc1cccc(NC(=O)CN(C)C2CCNC2)c1C. The first-order valence-electron chi connectivity index (χ1n) is 6.85. The molecule has 0 spiro atoms. The number of anilines is 1. The predicted octanol–water partition coefficient (Wildman–Crippen LogP) is 1.54. The van der Waals surface area contributed by atoms with Gasteiger partial charge in [0.25, 0.3) is 0 Å². The first-order chi connectivity index (χ1) is 9.08. The maximum Gasteiger partial charge on any atom is 0.238 e. The minimum Gasteiger partial charge on any atom is -0.325 e. The quantitative estimate of drug-likeness (QED) is 0.864. The Labute approximate surface area is 115 Å². The molecule has 1 unspecified atom stereocenters. The molecule has 1 fully saturated rings. The van der Waals surface area contributed by atoms with E-state index in [-0.39, 0.29) is 5.91 Å². The highest BCUT2D eigenvalue weighted by atomic mass is 16.2. The van der Waals surface area contributed by atoms with Crippen molar-refractivity contribution in [1.82, 2.24) is 10.2 Å². The Morgan fingerprint density at radius 2 is 2.26 bits per heavy atom. The maximum atomic E-state index is 12.1. The number of aryl methyl sites for hydroxylation is 1. The Kier molecular flexibility index (Phi) is 4.56. The largest absolute Gasteiger partial charge is 0.325 e. The summed E-state index contributed by atoms with van der Waals surface area (Å²) in [6.07, 6.45) is 1.12. The molecule has 1 aliphatic heterocycles. The number of carbonyl (C=O) groups excluding carboxylic acids is 1. The highest BCUT2D eigenvalue weighted by molar-refractivity contribution is 5.93. The number of hydrogen-bond acceptors (Lipinski definition) is 3. The molecule has 1 amide bonds. The van der Waals surface area contributed by atoms with Crippen LogP contribution in [0.25, 0.3) is 0 Å². The molecular weight excluding hydrogens is 238 g/mol. The van der Waals surface area contributed by atoms with E-state index in [0.29, 0.717) is 12.6 Å². The van der Waals surface area contributed by atoms with Crippen molar-refractivity contribution in [3.05, 3.63) is 29.3 Å². The minimum absolute atomic E-state index is 0.0584. The Morgan fingerprint density at radius 3 is 2.95 bits per heavy atom. The summed E-state index contributed by atoms with van der Waals surface area (Å²) in [5.74, 6) is 0.0584. The van der Waals surface area contributed by atoms with Gasteiger partial charge in [-0.25, -0.2) is 0 Å². The first-order valence-corrected chi connectivity index (χ1v) is 6.85. The van der Waals surface area contributed by atoms with Gasteiger partial charge in [-0.2, -0.15) is 0 Å².